The van der Waals surface area contributed by atoms with Gasteiger partial charge in [-0.2, -0.15) is 4.31 Å². The molecule has 2 aromatic carbocycles. The minimum absolute atomic E-state index is 0.0533. The minimum atomic E-state index is -3.96. The normalized spacial score (nSPS) is 22.4. The highest BCUT2D eigenvalue weighted by molar-refractivity contribution is 7.89. The topological polar surface area (TPSA) is 124 Å². The van der Waals surface area contributed by atoms with Crippen LogP contribution < -0.4 is 10.7 Å². The van der Waals surface area contributed by atoms with Crippen LogP contribution in [0.5, 0.6) is 0 Å². The molecule has 3 aliphatic rings. The first-order chi connectivity index (χ1) is 19.7. The predicted octanol–water partition coefficient (Wildman–Crippen LogP) is 1.86. The molecule has 0 bridgehead atoms. The quantitative estimate of drug-likeness (QED) is 0.444. The Labute approximate surface area is 247 Å². The maximum Gasteiger partial charge on any atom is 0.283 e. The molecule has 2 atom stereocenters. The molecule has 2 fully saturated rings. The Balaban J connectivity index is 1.27. The van der Waals surface area contributed by atoms with E-state index < -0.39 is 22.0 Å². The molecular weight excluding hydrogens is 588 g/mol. The van der Waals surface area contributed by atoms with Crippen molar-refractivity contribution in [3.8, 4) is 0 Å². The number of sulfonamides is 1. The number of amides is 2. The maximum absolute atomic E-state index is 13.8. The number of piperazine rings is 1. The molecule has 0 aliphatic carbocycles. The first-order valence-electron chi connectivity index (χ1n) is 13.5. The van der Waals surface area contributed by atoms with Gasteiger partial charge in [0.1, 0.15) is 6.04 Å². The van der Waals surface area contributed by atoms with Crippen molar-refractivity contribution in [1.29, 1.82) is 0 Å². The van der Waals surface area contributed by atoms with E-state index in [2.05, 4.69) is 22.7 Å². The van der Waals surface area contributed by atoms with Gasteiger partial charge in [-0.05, 0) is 42.0 Å². The summed E-state index contributed by atoms with van der Waals surface area (Å²) in [7, 11) is -3.96. The number of benzene rings is 2. The van der Waals surface area contributed by atoms with Gasteiger partial charge >= 0.3 is 0 Å². The van der Waals surface area contributed by atoms with Gasteiger partial charge in [0.25, 0.3) is 11.8 Å². The summed E-state index contributed by atoms with van der Waals surface area (Å²) in [6, 6.07) is 9.36. The lowest BCUT2D eigenvalue weighted by atomic mass is 10.1. The maximum atomic E-state index is 13.8. The molecule has 2 amide bonds. The molecule has 4 heterocycles. The van der Waals surface area contributed by atoms with Crippen molar-refractivity contribution in [2.24, 2.45) is 0 Å². The number of ether oxygens (including phenoxy) is 1. The number of fused-ring (bicyclic) bond motifs is 2. The SMILES string of the molecule is CC1Cc2nc(C(=O)N3CCN(S(=O)(=O)c4ccc5cc(Cl)ccc5c4)CC3C(=O)NN3CCOCC3)sc2CN1. The van der Waals surface area contributed by atoms with Gasteiger partial charge in [-0.15, -0.1) is 11.3 Å². The molecule has 6 rings (SSSR count). The average Bonchev–Trinajstić information content (AvgIpc) is 3.40. The first kappa shape index (κ1) is 28.5. The monoisotopic (exact) mass is 618 g/mol. The largest absolute Gasteiger partial charge is 0.379 e. The minimum Gasteiger partial charge on any atom is -0.379 e. The second kappa shape index (κ2) is 11.6. The van der Waals surface area contributed by atoms with Gasteiger partial charge in [0.05, 0.1) is 23.8 Å². The third kappa shape index (κ3) is 5.85. The molecule has 0 saturated carbocycles. The summed E-state index contributed by atoms with van der Waals surface area (Å²) in [6.45, 7) is 4.59. The number of nitrogens with zero attached hydrogens (tertiary/aromatic N) is 4. The summed E-state index contributed by atoms with van der Waals surface area (Å²) in [4.78, 5) is 34.6. The summed E-state index contributed by atoms with van der Waals surface area (Å²) in [5, 5.41) is 7.57. The van der Waals surface area contributed by atoms with Crippen LogP contribution in [0.3, 0.4) is 0 Å². The van der Waals surface area contributed by atoms with Crippen LogP contribution in [0.2, 0.25) is 5.02 Å². The molecule has 2 unspecified atom stereocenters. The van der Waals surface area contributed by atoms with Gasteiger partial charge in [-0.1, -0.05) is 23.7 Å². The summed E-state index contributed by atoms with van der Waals surface area (Å²) in [5.41, 5.74) is 3.78. The van der Waals surface area contributed by atoms with E-state index >= 15 is 0 Å². The summed E-state index contributed by atoms with van der Waals surface area (Å²) in [5.74, 6) is -0.802. The van der Waals surface area contributed by atoms with E-state index in [0.717, 1.165) is 27.8 Å². The van der Waals surface area contributed by atoms with Crippen molar-refractivity contribution in [3.63, 3.8) is 0 Å². The lowest BCUT2D eigenvalue weighted by Gasteiger charge is -2.40. The van der Waals surface area contributed by atoms with Crippen LogP contribution in [0.1, 0.15) is 27.3 Å². The van der Waals surface area contributed by atoms with Crippen molar-refractivity contribution in [1.82, 2.24) is 29.9 Å². The van der Waals surface area contributed by atoms with E-state index in [-0.39, 0.29) is 36.5 Å². The van der Waals surface area contributed by atoms with E-state index in [1.165, 1.54) is 20.5 Å². The second-order valence-electron chi connectivity index (χ2n) is 10.5. The van der Waals surface area contributed by atoms with Crippen molar-refractivity contribution in [2.75, 3.05) is 45.9 Å². The van der Waals surface area contributed by atoms with Crippen LogP contribution in [0.4, 0.5) is 0 Å². The zero-order valence-corrected chi connectivity index (χ0v) is 24.9. The fourth-order valence-electron chi connectivity index (χ4n) is 5.38. The fraction of sp³-hybridized carbons (Fsp3) is 0.444. The van der Waals surface area contributed by atoms with Crippen molar-refractivity contribution < 1.29 is 22.7 Å². The molecule has 2 saturated heterocycles. The van der Waals surface area contributed by atoms with Crippen LogP contribution in [0.15, 0.2) is 41.3 Å². The highest BCUT2D eigenvalue weighted by Crippen LogP contribution is 2.29. The van der Waals surface area contributed by atoms with Crippen molar-refractivity contribution >= 4 is 55.5 Å². The number of morpholine rings is 1. The van der Waals surface area contributed by atoms with Gasteiger partial charge in [0.2, 0.25) is 10.0 Å². The second-order valence-corrected chi connectivity index (χ2v) is 13.9. The van der Waals surface area contributed by atoms with Crippen LogP contribution >= 0.6 is 22.9 Å². The number of nitrogens with one attached hydrogen (secondary N) is 2. The summed E-state index contributed by atoms with van der Waals surface area (Å²) >= 11 is 7.42. The standard InChI is InChI=1S/C27H31ClN6O5S2/c1-17-12-22-24(15-29-17)40-26(30-22)27(36)34-7-6-33(16-23(34)25(35)31-32-8-10-39-11-9-32)41(37,38)21-5-3-18-13-20(28)4-2-19(18)14-21/h2-5,13-14,17,23,29H,6-12,15-16H2,1H3,(H,31,35). The molecule has 41 heavy (non-hydrogen) atoms. The molecule has 218 valence electrons. The molecule has 2 N–H and O–H groups in total. The Morgan fingerprint density at radius 1 is 1.10 bits per heavy atom. The third-order valence-corrected chi connectivity index (χ3v) is 10.9. The molecule has 0 radical (unpaired) electrons. The van der Waals surface area contributed by atoms with Crippen LogP contribution in [-0.2, 0) is 32.5 Å². The number of rotatable bonds is 5. The Hall–Kier alpha value is -2.65. The van der Waals surface area contributed by atoms with Crippen LogP contribution in [-0.4, -0.2) is 97.5 Å². The predicted molar refractivity (Wildman–Crippen MR) is 155 cm³/mol. The van der Waals surface area contributed by atoms with Crippen LogP contribution in [0, 0.1) is 0 Å². The fourth-order valence-corrected chi connectivity index (χ4v) is 8.03. The van der Waals surface area contributed by atoms with E-state index in [9.17, 15) is 18.0 Å². The number of carbonyl (C=O) groups is 2. The highest BCUT2D eigenvalue weighted by Gasteiger charge is 2.41. The average molecular weight is 619 g/mol. The third-order valence-electron chi connectivity index (χ3n) is 7.67. The van der Waals surface area contributed by atoms with E-state index in [1.807, 2.05) is 0 Å². The van der Waals surface area contributed by atoms with Gasteiger partial charge in [-0.3, -0.25) is 15.0 Å². The van der Waals surface area contributed by atoms with Gasteiger partial charge in [-0.25, -0.2) is 18.4 Å². The van der Waals surface area contributed by atoms with Crippen molar-refractivity contribution in [3.05, 3.63) is 57.0 Å². The zero-order chi connectivity index (χ0) is 28.7. The molecule has 11 nitrogen and oxygen atoms in total. The lowest BCUT2D eigenvalue weighted by molar-refractivity contribution is -0.133. The lowest BCUT2D eigenvalue weighted by Crippen LogP contribution is -2.63. The molecule has 3 aromatic rings. The van der Waals surface area contributed by atoms with E-state index in [0.29, 0.717) is 42.9 Å². The van der Waals surface area contributed by atoms with Gasteiger partial charge < -0.3 is 15.0 Å². The smallest absolute Gasteiger partial charge is 0.283 e. The molecule has 0 spiro atoms. The first-order valence-corrected chi connectivity index (χ1v) is 16.2. The number of hydrogen-bond acceptors (Lipinski definition) is 9. The highest BCUT2D eigenvalue weighted by atomic mass is 35.5. The Bertz CT molecular complexity index is 1590. The summed E-state index contributed by atoms with van der Waals surface area (Å²) < 4.78 is 34.2. The van der Waals surface area contributed by atoms with E-state index in [1.54, 1.807) is 41.4 Å². The molecular formula is C27H31ClN6O5S2. The van der Waals surface area contributed by atoms with Crippen LogP contribution in [0.25, 0.3) is 10.8 Å². The number of hydrogen-bond donors (Lipinski definition) is 2. The number of thiazole rings is 1. The Morgan fingerprint density at radius 2 is 1.85 bits per heavy atom. The zero-order valence-electron chi connectivity index (χ0n) is 22.5. The molecule has 3 aliphatic heterocycles. The van der Waals surface area contributed by atoms with Gasteiger partial charge in [0, 0.05) is 61.6 Å². The number of halogens is 1. The number of aromatic nitrogens is 1. The Morgan fingerprint density at radius 3 is 2.66 bits per heavy atom. The number of carbonyl (C=O) groups excluding carboxylic acids is 2. The Kier molecular flexibility index (Phi) is 8.02. The van der Waals surface area contributed by atoms with Crippen molar-refractivity contribution in [2.45, 2.75) is 36.9 Å². The van der Waals surface area contributed by atoms with E-state index in [4.69, 9.17) is 16.3 Å². The van der Waals surface area contributed by atoms with Gasteiger partial charge in [0.15, 0.2) is 5.01 Å². The molecule has 1 aromatic heterocycles. The molecule has 14 heteroatoms. The summed E-state index contributed by atoms with van der Waals surface area (Å²) in [6.07, 6.45) is 0.726. The number of hydrazine groups is 1.